The van der Waals surface area contributed by atoms with Crippen molar-refractivity contribution >= 4 is 23.1 Å². The van der Waals surface area contributed by atoms with Crippen LogP contribution in [0.5, 0.6) is 0 Å². The molecule has 2 atom stereocenters. The van der Waals surface area contributed by atoms with Gasteiger partial charge in [0.05, 0.1) is 12.2 Å². The summed E-state index contributed by atoms with van der Waals surface area (Å²) in [7, 11) is 0. The number of rotatable bonds is 5. The highest BCUT2D eigenvalue weighted by molar-refractivity contribution is 7.10. The summed E-state index contributed by atoms with van der Waals surface area (Å²) in [6.07, 6.45) is 1.05. The third kappa shape index (κ3) is 4.35. The molecule has 1 aliphatic carbocycles. The van der Waals surface area contributed by atoms with Crippen LogP contribution in [0.25, 0.3) is 0 Å². The summed E-state index contributed by atoms with van der Waals surface area (Å²) in [6.45, 7) is 6.04. The van der Waals surface area contributed by atoms with Crippen LogP contribution in [0.3, 0.4) is 0 Å². The standard InChI is InChI=1S/C25H26FNO3S/c1-14(2)13-30-25(29)22-15(3)27-19-11-17(21-8-5-9-31-21)12-20(28)24(19)23(22)16-6-4-7-18(26)10-16/h4-10,14,17,23,27H,11-13H2,1-3H3/t17-,23+/m0/s1. The van der Waals surface area contributed by atoms with Crippen molar-refractivity contribution in [2.24, 2.45) is 5.92 Å². The predicted octanol–water partition coefficient (Wildman–Crippen LogP) is 5.45. The predicted molar refractivity (Wildman–Crippen MR) is 119 cm³/mol. The largest absolute Gasteiger partial charge is 0.462 e. The molecule has 0 bridgehead atoms. The van der Waals surface area contributed by atoms with E-state index in [0.717, 1.165) is 5.70 Å². The number of nitrogens with one attached hydrogen (secondary N) is 1. The van der Waals surface area contributed by atoms with E-state index in [0.29, 0.717) is 35.2 Å². The first kappa shape index (κ1) is 21.5. The van der Waals surface area contributed by atoms with E-state index in [1.54, 1.807) is 23.5 Å². The molecule has 0 unspecified atom stereocenters. The minimum atomic E-state index is -0.636. The lowest BCUT2D eigenvalue weighted by Crippen LogP contribution is -2.36. The van der Waals surface area contributed by atoms with Crippen LogP contribution in [0.15, 0.2) is 64.3 Å². The van der Waals surface area contributed by atoms with Crippen LogP contribution in [0.2, 0.25) is 0 Å². The second kappa shape index (κ2) is 8.79. The van der Waals surface area contributed by atoms with Crippen molar-refractivity contribution in [2.75, 3.05) is 6.61 Å². The molecule has 162 valence electrons. The molecule has 0 spiro atoms. The summed E-state index contributed by atoms with van der Waals surface area (Å²) >= 11 is 1.65. The molecular weight excluding hydrogens is 413 g/mol. The van der Waals surface area contributed by atoms with Gasteiger partial charge in [0.1, 0.15) is 5.82 Å². The van der Waals surface area contributed by atoms with Gasteiger partial charge in [-0.05, 0) is 48.4 Å². The van der Waals surface area contributed by atoms with E-state index < -0.39 is 17.7 Å². The fourth-order valence-corrected chi connectivity index (χ4v) is 5.20. The minimum Gasteiger partial charge on any atom is -0.462 e. The summed E-state index contributed by atoms with van der Waals surface area (Å²) in [5.41, 5.74) is 3.00. The van der Waals surface area contributed by atoms with Crippen LogP contribution < -0.4 is 5.32 Å². The Kier molecular flexibility index (Phi) is 6.10. The van der Waals surface area contributed by atoms with Crippen LogP contribution in [0, 0.1) is 11.7 Å². The maximum absolute atomic E-state index is 14.1. The topological polar surface area (TPSA) is 55.4 Å². The molecule has 2 heterocycles. The van der Waals surface area contributed by atoms with Gasteiger partial charge >= 0.3 is 5.97 Å². The number of ketones is 1. The van der Waals surface area contributed by atoms with Crippen molar-refractivity contribution in [3.8, 4) is 0 Å². The molecule has 2 aliphatic rings. The smallest absolute Gasteiger partial charge is 0.336 e. The Morgan fingerprint density at radius 1 is 1.26 bits per heavy atom. The lowest BCUT2D eigenvalue weighted by atomic mass is 9.72. The van der Waals surface area contributed by atoms with Gasteiger partial charge in [0.15, 0.2) is 5.78 Å². The number of Topliss-reactive ketones (excluding diaryl/α,β-unsaturated/α-hetero) is 1. The second-order valence-corrected chi connectivity index (χ2v) is 9.56. The Morgan fingerprint density at radius 3 is 2.74 bits per heavy atom. The van der Waals surface area contributed by atoms with Gasteiger partial charge in [0.25, 0.3) is 0 Å². The number of hydrogen-bond acceptors (Lipinski definition) is 5. The number of thiophene rings is 1. The van der Waals surface area contributed by atoms with Crippen LogP contribution >= 0.6 is 11.3 Å². The van der Waals surface area contributed by atoms with Crippen molar-refractivity contribution < 1.29 is 18.7 Å². The van der Waals surface area contributed by atoms with E-state index >= 15 is 0 Å². The van der Waals surface area contributed by atoms with E-state index in [2.05, 4.69) is 11.4 Å². The first-order valence-corrected chi connectivity index (χ1v) is 11.4. The van der Waals surface area contributed by atoms with Gasteiger partial charge < -0.3 is 10.1 Å². The van der Waals surface area contributed by atoms with Crippen molar-refractivity contribution in [1.82, 2.24) is 5.32 Å². The summed E-state index contributed by atoms with van der Waals surface area (Å²) in [6, 6.07) is 10.2. The fourth-order valence-electron chi connectivity index (χ4n) is 4.37. The van der Waals surface area contributed by atoms with Gasteiger partial charge in [0, 0.05) is 40.1 Å². The fraction of sp³-hybridized carbons (Fsp3) is 0.360. The molecule has 31 heavy (non-hydrogen) atoms. The number of benzene rings is 1. The maximum Gasteiger partial charge on any atom is 0.336 e. The normalized spacial score (nSPS) is 21.3. The molecule has 2 aromatic rings. The van der Waals surface area contributed by atoms with Crippen molar-refractivity contribution in [3.63, 3.8) is 0 Å². The monoisotopic (exact) mass is 439 g/mol. The first-order chi connectivity index (χ1) is 14.8. The van der Waals surface area contributed by atoms with Gasteiger partial charge in [-0.3, -0.25) is 4.79 Å². The summed E-state index contributed by atoms with van der Waals surface area (Å²) in [4.78, 5) is 27.6. The number of hydrogen-bond donors (Lipinski definition) is 1. The molecule has 1 aliphatic heterocycles. The van der Waals surface area contributed by atoms with Crippen LogP contribution in [-0.2, 0) is 14.3 Å². The van der Waals surface area contributed by atoms with Gasteiger partial charge in [0.2, 0.25) is 0 Å². The van der Waals surface area contributed by atoms with Crippen LogP contribution in [-0.4, -0.2) is 18.4 Å². The summed E-state index contributed by atoms with van der Waals surface area (Å²) in [5.74, 6) is -1.22. The number of allylic oxidation sites excluding steroid dienone is 3. The van der Waals surface area contributed by atoms with Crippen LogP contribution in [0.4, 0.5) is 4.39 Å². The number of dihydropyridines is 1. The molecular formula is C25H26FNO3S. The van der Waals surface area contributed by atoms with E-state index in [1.807, 2.05) is 32.2 Å². The van der Waals surface area contributed by atoms with E-state index in [4.69, 9.17) is 4.74 Å². The molecule has 0 fully saturated rings. The number of esters is 1. The van der Waals surface area contributed by atoms with Crippen LogP contribution in [0.1, 0.15) is 55.9 Å². The SMILES string of the molecule is CC1=C(C(=O)OCC(C)C)[C@@H](c2cccc(F)c2)C2=C(C[C@H](c3cccs3)CC2=O)N1. The van der Waals surface area contributed by atoms with Crippen molar-refractivity contribution in [2.45, 2.75) is 45.4 Å². The number of carbonyl (C=O) groups excluding carboxylic acids is 2. The highest BCUT2D eigenvalue weighted by Gasteiger charge is 2.41. The Balaban J connectivity index is 1.77. The average Bonchev–Trinajstić information content (AvgIpc) is 3.25. The zero-order valence-electron chi connectivity index (χ0n) is 17.9. The molecule has 4 rings (SSSR count). The van der Waals surface area contributed by atoms with E-state index in [9.17, 15) is 14.0 Å². The summed E-state index contributed by atoms with van der Waals surface area (Å²) in [5, 5.41) is 5.34. The highest BCUT2D eigenvalue weighted by atomic mass is 32.1. The molecule has 6 heteroatoms. The lowest BCUT2D eigenvalue weighted by Gasteiger charge is -2.36. The molecule has 1 aromatic carbocycles. The third-order valence-electron chi connectivity index (χ3n) is 5.72. The van der Waals surface area contributed by atoms with E-state index in [1.165, 1.54) is 17.0 Å². The van der Waals surface area contributed by atoms with Gasteiger partial charge in [-0.25, -0.2) is 9.18 Å². The molecule has 0 radical (unpaired) electrons. The van der Waals surface area contributed by atoms with Gasteiger partial charge in [-0.15, -0.1) is 11.3 Å². The molecule has 0 saturated carbocycles. The first-order valence-electron chi connectivity index (χ1n) is 10.5. The molecule has 0 amide bonds. The Bertz CT molecular complexity index is 1070. The second-order valence-electron chi connectivity index (χ2n) is 8.58. The van der Waals surface area contributed by atoms with Gasteiger partial charge in [-0.2, -0.15) is 0 Å². The maximum atomic E-state index is 14.1. The van der Waals surface area contributed by atoms with Crippen molar-refractivity contribution in [1.29, 1.82) is 0 Å². The number of halogens is 1. The number of carbonyl (C=O) groups is 2. The Hall–Kier alpha value is -2.73. The Labute approximate surface area is 185 Å². The third-order valence-corrected chi connectivity index (χ3v) is 6.76. The quantitative estimate of drug-likeness (QED) is 0.630. The zero-order chi connectivity index (χ0) is 22.1. The molecule has 0 saturated heterocycles. The minimum absolute atomic E-state index is 0.0110. The summed E-state index contributed by atoms with van der Waals surface area (Å²) < 4.78 is 19.7. The zero-order valence-corrected chi connectivity index (χ0v) is 18.7. The highest BCUT2D eigenvalue weighted by Crippen LogP contribution is 2.46. The average molecular weight is 440 g/mol. The van der Waals surface area contributed by atoms with Gasteiger partial charge in [-0.1, -0.05) is 32.0 Å². The molecule has 1 aromatic heterocycles. The molecule has 1 N–H and O–H groups in total. The number of ether oxygens (including phenoxy) is 1. The van der Waals surface area contributed by atoms with E-state index in [-0.39, 0.29) is 24.2 Å². The molecule has 4 nitrogen and oxygen atoms in total. The Morgan fingerprint density at radius 2 is 2.06 bits per heavy atom. The lowest BCUT2D eigenvalue weighted by molar-refractivity contribution is -0.140. The van der Waals surface area contributed by atoms with Crippen molar-refractivity contribution in [3.05, 3.63) is 80.6 Å².